The summed E-state index contributed by atoms with van der Waals surface area (Å²) < 4.78 is 44.9. The van der Waals surface area contributed by atoms with E-state index >= 15 is 0 Å². The lowest BCUT2D eigenvalue weighted by molar-refractivity contribution is -0.137. The van der Waals surface area contributed by atoms with Crippen LogP contribution in [0.2, 0.25) is 0 Å². The molecule has 0 atom stereocenters. The molecule has 28 heavy (non-hydrogen) atoms. The second-order valence-corrected chi connectivity index (χ2v) is 5.28. The summed E-state index contributed by atoms with van der Waals surface area (Å²) in [6, 6.07) is 2.73. The van der Waals surface area contributed by atoms with E-state index < -0.39 is 30.2 Å². The van der Waals surface area contributed by atoms with Crippen LogP contribution in [0, 0.1) is 0 Å². The summed E-state index contributed by atoms with van der Waals surface area (Å²) in [7, 11) is 0. The van der Waals surface area contributed by atoms with Gasteiger partial charge in [-0.25, -0.2) is 19.4 Å². The van der Waals surface area contributed by atoms with E-state index in [2.05, 4.69) is 25.4 Å². The van der Waals surface area contributed by atoms with Gasteiger partial charge in [0, 0.05) is 12.4 Å². The molecule has 0 saturated carbocycles. The highest BCUT2D eigenvalue weighted by Gasteiger charge is 2.31. The first-order chi connectivity index (χ1) is 13.3. The van der Waals surface area contributed by atoms with Crippen molar-refractivity contribution >= 4 is 17.6 Å². The van der Waals surface area contributed by atoms with Gasteiger partial charge < -0.3 is 10.1 Å². The standard InChI is InChI=1S/C16H11F3N6O3/c17-16(18,19)10-1-2-13(25-9-21-8-23-25)11(5-10)24-14(26)7-28-15(27)12-6-20-3-4-22-12/h1-6,8-9H,7H2,(H,24,26). The maximum atomic E-state index is 13.0. The first kappa shape index (κ1) is 18.9. The highest BCUT2D eigenvalue weighted by molar-refractivity contribution is 5.96. The molecular weight excluding hydrogens is 381 g/mol. The Morgan fingerprint density at radius 1 is 1.18 bits per heavy atom. The number of carbonyl (C=O) groups excluding carboxylic acids is 2. The molecule has 9 nitrogen and oxygen atoms in total. The molecule has 0 aliphatic heterocycles. The van der Waals surface area contributed by atoms with E-state index in [1.807, 2.05) is 0 Å². The molecule has 0 fully saturated rings. The van der Waals surface area contributed by atoms with E-state index in [4.69, 9.17) is 4.74 Å². The number of anilines is 1. The molecule has 3 aromatic rings. The first-order valence-electron chi connectivity index (χ1n) is 7.64. The van der Waals surface area contributed by atoms with Crippen LogP contribution >= 0.6 is 0 Å². The second kappa shape index (κ2) is 7.82. The number of amides is 1. The van der Waals surface area contributed by atoms with Crippen molar-refractivity contribution in [1.82, 2.24) is 24.7 Å². The van der Waals surface area contributed by atoms with Gasteiger partial charge in [0.25, 0.3) is 5.91 Å². The Morgan fingerprint density at radius 2 is 2.00 bits per heavy atom. The lowest BCUT2D eigenvalue weighted by Gasteiger charge is -2.14. The molecule has 1 N–H and O–H groups in total. The largest absolute Gasteiger partial charge is 0.451 e. The topological polar surface area (TPSA) is 112 Å². The Kier molecular flexibility index (Phi) is 5.29. The number of rotatable bonds is 5. The van der Waals surface area contributed by atoms with Crippen molar-refractivity contribution in [2.24, 2.45) is 0 Å². The summed E-state index contributed by atoms with van der Waals surface area (Å²) in [6.07, 6.45) is 1.60. The molecule has 0 aliphatic carbocycles. The molecule has 3 rings (SSSR count). The van der Waals surface area contributed by atoms with Gasteiger partial charge in [-0.15, -0.1) is 0 Å². The molecule has 12 heteroatoms. The normalized spacial score (nSPS) is 11.1. The Bertz CT molecular complexity index is 977. The van der Waals surface area contributed by atoms with Crippen molar-refractivity contribution in [1.29, 1.82) is 0 Å². The molecule has 0 unspecified atom stereocenters. The quantitative estimate of drug-likeness (QED) is 0.660. The monoisotopic (exact) mass is 392 g/mol. The fraction of sp³-hybridized carbons (Fsp3) is 0.125. The van der Waals surface area contributed by atoms with Crippen molar-refractivity contribution < 1.29 is 27.5 Å². The minimum Gasteiger partial charge on any atom is -0.451 e. The molecule has 0 saturated heterocycles. The zero-order valence-corrected chi connectivity index (χ0v) is 13.9. The minimum atomic E-state index is -4.61. The van der Waals surface area contributed by atoms with Crippen LogP contribution in [0.5, 0.6) is 0 Å². The third-order valence-electron chi connectivity index (χ3n) is 3.37. The lowest BCUT2D eigenvalue weighted by Crippen LogP contribution is -2.22. The number of nitrogens with one attached hydrogen (secondary N) is 1. The van der Waals surface area contributed by atoms with E-state index in [1.165, 1.54) is 29.7 Å². The smallest absolute Gasteiger partial charge is 0.416 e. The van der Waals surface area contributed by atoms with Gasteiger partial charge in [-0.1, -0.05) is 0 Å². The van der Waals surface area contributed by atoms with Gasteiger partial charge in [0.1, 0.15) is 12.7 Å². The fourth-order valence-corrected chi connectivity index (χ4v) is 2.14. The first-order valence-corrected chi connectivity index (χ1v) is 7.64. The van der Waals surface area contributed by atoms with Crippen LogP contribution in [0.15, 0.2) is 49.4 Å². The number of ether oxygens (including phenoxy) is 1. The molecule has 144 valence electrons. The lowest BCUT2D eigenvalue weighted by atomic mass is 10.1. The number of aromatic nitrogens is 5. The number of nitrogens with zero attached hydrogens (tertiary/aromatic N) is 5. The maximum absolute atomic E-state index is 13.0. The SMILES string of the molecule is O=C(COC(=O)c1cnccn1)Nc1cc(C(F)(F)F)ccc1-n1cncn1. The summed E-state index contributed by atoms with van der Waals surface area (Å²) in [5, 5.41) is 6.11. The molecule has 0 bridgehead atoms. The summed E-state index contributed by atoms with van der Waals surface area (Å²) in [5.74, 6) is -1.75. The predicted molar refractivity (Wildman–Crippen MR) is 87.3 cm³/mol. The molecule has 0 aliphatic rings. The van der Waals surface area contributed by atoms with E-state index in [-0.39, 0.29) is 17.1 Å². The third kappa shape index (κ3) is 4.47. The predicted octanol–water partition coefficient (Wildman–Crippen LogP) is 1.87. The number of halogens is 3. The van der Waals surface area contributed by atoms with Crippen LogP contribution in [-0.4, -0.2) is 43.2 Å². The summed E-state index contributed by atoms with van der Waals surface area (Å²) in [4.78, 5) is 35.0. The van der Waals surface area contributed by atoms with Gasteiger partial charge in [-0.3, -0.25) is 9.78 Å². The average Bonchev–Trinajstić information content (AvgIpc) is 3.20. The number of hydrogen-bond donors (Lipinski definition) is 1. The highest BCUT2D eigenvalue weighted by Crippen LogP contribution is 2.33. The average molecular weight is 392 g/mol. The molecule has 1 amide bonds. The van der Waals surface area contributed by atoms with Crippen LogP contribution in [0.25, 0.3) is 5.69 Å². The number of alkyl halides is 3. The van der Waals surface area contributed by atoms with Crippen molar-refractivity contribution in [2.75, 3.05) is 11.9 Å². The van der Waals surface area contributed by atoms with E-state index in [0.717, 1.165) is 24.4 Å². The summed E-state index contributed by atoms with van der Waals surface area (Å²) in [5.41, 5.74) is -1.11. The molecule has 2 aromatic heterocycles. The van der Waals surface area contributed by atoms with E-state index in [1.54, 1.807) is 0 Å². The highest BCUT2D eigenvalue weighted by atomic mass is 19.4. The third-order valence-corrected chi connectivity index (χ3v) is 3.37. The Morgan fingerprint density at radius 3 is 2.64 bits per heavy atom. The van der Waals surface area contributed by atoms with E-state index in [0.29, 0.717) is 0 Å². The van der Waals surface area contributed by atoms with Gasteiger partial charge >= 0.3 is 12.1 Å². The molecule has 1 aromatic carbocycles. The van der Waals surface area contributed by atoms with Crippen molar-refractivity contribution in [2.45, 2.75) is 6.18 Å². The van der Waals surface area contributed by atoms with Gasteiger partial charge in [0.05, 0.1) is 23.1 Å². The fourth-order valence-electron chi connectivity index (χ4n) is 2.14. The van der Waals surface area contributed by atoms with Gasteiger partial charge in [0.15, 0.2) is 12.3 Å². The van der Waals surface area contributed by atoms with Gasteiger partial charge in [-0.05, 0) is 18.2 Å². The maximum Gasteiger partial charge on any atom is 0.416 e. The van der Waals surface area contributed by atoms with Crippen LogP contribution in [-0.2, 0) is 15.7 Å². The number of carbonyl (C=O) groups is 2. The van der Waals surface area contributed by atoms with Crippen LogP contribution in [0.1, 0.15) is 16.1 Å². The second-order valence-electron chi connectivity index (χ2n) is 5.28. The van der Waals surface area contributed by atoms with Crippen molar-refractivity contribution in [3.8, 4) is 5.69 Å². The van der Waals surface area contributed by atoms with Gasteiger partial charge in [-0.2, -0.15) is 18.3 Å². The Hall–Kier alpha value is -3.83. The summed E-state index contributed by atoms with van der Waals surface area (Å²) in [6.45, 7) is -0.734. The molecular formula is C16H11F3N6O3. The van der Waals surface area contributed by atoms with Gasteiger partial charge in [0.2, 0.25) is 0 Å². The zero-order valence-electron chi connectivity index (χ0n) is 13.9. The number of benzene rings is 1. The summed E-state index contributed by atoms with van der Waals surface area (Å²) >= 11 is 0. The van der Waals surface area contributed by atoms with Crippen LogP contribution in [0.4, 0.5) is 18.9 Å². The Labute approximate surface area is 155 Å². The minimum absolute atomic E-state index is 0.113. The van der Waals surface area contributed by atoms with E-state index in [9.17, 15) is 22.8 Å². The van der Waals surface area contributed by atoms with Crippen LogP contribution < -0.4 is 5.32 Å². The number of esters is 1. The van der Waals surface area contributed by atoms with Crippen molar-refractivity contribution in [3.63, 3.8) is 0 Å². The zero-order chi connectivity index (χ0) is 20.1. The Balaban J connectivity index is 1.76. The molecule has 0 radical (unpaired) electrons. The molecule has 0 spiro atoms. The molecule has 2 heterocycles. The number of hydrogen-bond acceptors (Lipinski definition) is 7. The van der Waals surface area contributed by atoms with Crippen LogP contribution in [0.3, 0.4) is 0 Å². The van der Waals surface area contributed by atoms with Crippen molar-refractivity contribution in [3.05, 3.63) is 60.7 Å².